The topological polar surface area (TPSA) is 173 Å². The van der Waals surface area contributed by atoms with Gasteiger partial charge in [0.1, 0.15) is 23.2 Å². The maximum atomic E-state index is 14.1. The van der Waals surface area contributed by atoms with Gasteiger partial charge in [-0.05, 0) is 93.6 Å². The lowest BCUT2D eigenvalue weighted by Gasteiger charge is -2.43. The number of amides is 4. The quantitative estimate of drug-likeness (QED) is 0.109. The number of carbonyl (C=O) groups excluding carboxylic acids is 4. The Morgan fingerprint density at radius 1 is 0.952 bits per heavy atom. The lowest BCUT2D eigenvalue weighted by molar-refractivity contribution is -0.137. The number of halogens is 3. The van der Waals surface area contributed by atoms with Gasteiger partial charge in [-0.2, -0.15) is 18.2 Å². The number of aromatic nitrogens is 2. The van der Waals surface area contributed by atoms with Crippen LogP contribution in [0, 0.1) is 6.92 Å². The summed E-state index contributed by atoms with van der Waals surface area (Å²) in [6.07, 6.45) is -1.44. The molecular formula is C44H51F3N10O5. The van der Waals surface area contributed by atoms with Crippen LogP contribution in [-0.2, 0) is 20.6 Å². The van der Waals surface area contributed by atoms with Gasteiger partial charge in [0.15, 0.2) is 0 Å². The van der Waals surface area contributed by atoms with Crippen molar-refractivity contribution in [1.29, 1.82) is 0 Å². The molecule has 3 aliphatic heterocycles. The third kappa shape index (κ3) is 10.0. The Kier molecular flexibility index (Phi) is 13.1. The van der Waals surface area contributed by atoms with Gasteiger partial charge in [0.25, 0.3) is 5.91 Å². The highest BCUT2D eigenvalue weighted by Crippen LogP contribution is 2.39. The lowest BCUT2D eigenvalue weighted by Crippen LogP contribution is -2.56. The van der Waals surface area contributed by atoms with E-state index in [4.69, 9.17) is 4.74 Å². The van der Waals surface area contributed by atoms with Crippen molar-refractivity contribution in [2.45, 2.75) is 63.7 Å². The van der Waals surface area contributed by atoms with Crippen molar-refractivity contribution in [2.24, 2.45) is 0 Å². The predicted molar refractivity (Wildman–Crippen MR) is 229 cm³/mol. The van der Waals surface area contributed by atoms with Gasteiger partial charge in [0.05, 0.1) is 30.6 Å². The average molecular weight is 857 g/mol. The van der Waals surface area contributed by atoms with Crippen molar-refractivity contribution in [3.8, 4) is 5.75 Å². The normalized spacial score (nSPS) is 18.8. The van der Waals surface area contributed by atoms with Crippen LogP contribution in [0.4, 0.5) is 47.7 Å². The molecule has 3 saturated heterocycles. The number of para-hydroxylation sites is 1. The summed E-state index contributed by atoms with van der Waals surface area (Å²) in [5.41, 5.74) is 3.44. The molecule has 18 heteroatoms. The molecule has 4 aromatic rings. The molecule has 328 valence electrons. The Balaban J connectivity index is 0.943. The Hall–Kier alpha value is -6.43. The van der Waals surface area contributed by atoms with E-state index < -0.39 is 29.5 Å². The van der Waals surface area contributed by atoms with Crippen LogP contribution in [0.5, 0.6) is 5.75 Å². The number of aryl methyl sites for hydroxylation is 1. The van der Waals surface area contributed by atoms with E-state index in [1.165, 1.54) is 31.9 Å². The van der Waals surface area contributed by atoms with E-state index in [1.807, 2.05) is 36.1 Å². The second-order valence-electron chi connectivity index (χ2n) is 15.9. The zero-order valence-corrected chi connectivity index (χ0v) is 35.1. The number of piperazine rings is 1. The van der Waals surface area contributed by atoms with E-state index in [1.54, 1.807) is 12.1 Å². The van der Waals surface area contributed by atoms with Gasteiger partial charge in [0.2, 0.25) is 23.7 Å². The first-order valence-electron chi connectivity index (χ1n) is 20.7. The van der Waals surface area contributed by atoms with Crippen LogP contribution in [0.3, 0.4) is 0 Å². The van der Waals surface area contributed by atoms with E-state index in [-0.39, 0.29) is 41.0 Å². The number of benzene rings is 3. The number of rotatable bonds is 12. The fourth-order valence-corrected chi connectivity index (χ4v) is 8.31. The number of imide groups is 1. The zero-order valence-electron chi connectivity index (χ0n) is 35.1. The number of hydrogen-bond acceptors (Lipinski definition) is 12. The van der Waals surface area contributed by atoms with Crippen LogP contribution in [0.1, 0.15) is 65.6 Å². The number of methoxy groups -OCH3 is 1. The minimum atomic E-state index is -4.78. The van der Waals surface area contributed by atoms with E-state index in [2.05, 4.69) is 65.4 Å². The number of alkyl halides is 3. The van der Waals surface area contributed by atoms with Gasteiger partial charge in [-0.1, -0.05) is 24.3 Å². The fourth-order valence-electron chi connectivity index (χ4n) is 8.31. The molecule has 7 rings (SSSR count). The van der Waals surface area contributed by atoms with Gasteiger partial charge in [-0.25, -0.2) is 4.98 Å². The van der Waals surface area contributed by atoms with Gasteiger partial charge in [0, 0.05) is 62.8 Å². The number of anilines is 6. The van der Waals surface area contributed by atoms with Crippen LogP contribution in [0.2, 0.25) is 0 Å². The monoisotopic (exact) mass is 856 g/mol. The van der Waals surface area contributed by atoms with Crippen LogP contribution in [0.15, 0.2) is 66.9 Å². The molecule has 0 bridgehead atoms. The van der Waals surface area contributed by atoms with Crippen molar-refractivity contribution in [2.75, 3.05) is 74.3 Å². The van der Waals surface area contributed by atoms with Gasteiger partial charge in [-0.3, -0.25) is 29.4 Å². The molecule has 62 heavy (non-hydrogen) atoms. The molecule has 0 aliphatic carbocycles. The molecular weight excluding hydrogens is 806 g/mol. The van der Waals surface area contributed by atoms with E-state index in [9.17, 15) is 32.3 Å². The minimum Gasteiger partial charge on any atom is -0.494 e. The summed E-state index contributed by atoms with van der Waals surface area (Å²) in [5, 5.41) is 13.8. The van der Waals surface area contributed by atoms with Crippen LogP contribution in [0.25, 0.3) is 0 Å². The molecule has 4 amide bonds. The first-order valence-corrected chi connectivity index (χ1v) is 20.7. The van der Waals surface area contributed by atoms with Gasteiger partial charge in [-0.15, -0.1) is 0 Å². The SMILES string of the molecule is CNC(=O)c1ccccc1Nc1nc(Nc2cc(C)c(N3CCN(C(=O)CN4CCC(c5ccc(NC6CCC(=O)NC6=O)cc5)CC4)CC3C)cc2OC)ncc1C(F)(F)F. The van der Waals surface area contributed by atoms with Crippen molar-refractivity contribution in [3.63, 3.8) is 0 Å². The second kappa shape index (κ2) is 18.7. The van der Waals surface area contributed by atoms with Crippen LogP contribution >= 0.6 is 0 Å². The Morgan fingerprint density at radius 3 is 2.37 bits per heavy atom. The molecule has 0 spiro atoms. The molecule has 3 fully saturated rings. The largest absolute Gasteiger partial charge is 0.494 e. The number of likely N-dealkylation sites (tertiary alicyclic amines) is 1. The first-order chi connectivity index (χ1) is 29.7. The summed E-state index contributed by atoms with van der Waals surface area (Å²) >= 11 is 0. The van der Waals surface area contributed by atoms with E-state index in [0.29, 0.717) is 62.6 Å². The van der Waals surface area contributed by atoms with E-state index in [0.717, 1.165) is 42.9 Å². The van der Waals surface area contributed by atoms with Crippen molar-refractivity contribution >= 4 is 58.1 Å². The highest BCUT2D eigenvalue weighted by molar-refractivity contribution is 6.01. The smallest absolute Gasteiger partial charge is 0.421 e. The standard InChI is InChI=1S/C44H51F3N10O5/c1-26-21-35(52-43-49-23-32(44(45,46)47)40(54-43)51-33-8-6-5-7-31(33)41(60)48-3)37(62-4)22-36(26)57-20-19-56(24-27(57)2)39(59)25-55-17-15-29(16-18-55)28-9-11-30(12-10-28)50-34-13-14-38(58)53-42(34)61/h5-12,21-23,27,29,34,50H,13-20,24-25H2,1-4H3,(H,48,60)(H,53,58,61)(H2,49,51,52,54). The summed E-state index contributed by atoms with van der Waals surface area (Å²) in [6.45, 7) is 7.64. The number of nitrogens with one attached hydrogen (secondary N) is 5. The Bertz CT molecular complexity index is 2300. The average Bonchev–Trinajstić information content (AvgIpc) is 3.25. The summed E-state index contributed by atoms with van der Waals surface area (Å²) in [4.78, 5) is 64.1. The van der Waals surface area contributed by atoms with E-state index >= 15 is 0 Å². The molecule has 2 atom stereocenters. The number of hydrogen-bond donors (Lipinski definition) is 5. The maximum absolute atomic E-state index is 14.1. The van der Waals surface area contributed by atoms with Gasteiger partial charge >= 0.3 is 6.18 Å². The highest BCUT2D eigenvalue weighted by atomic mass is 19.4. The summed E-state index contributed by atoms with van der Waals surface area (Å²) in [6, 6.07) is 17.5. The van der Waals surface area contributed by atoms with Crippen LogP contribution in [-0.4, -0.2) is 109 Å². The Morgan fingerprint density at radius 2 is 1.69 bits per heavy atom. The minimum absolute atomic E-state index is 0.0161. The zero-order chi connectivity index (χ0) is 44.1. The fraction of sp³-hybridized carbons (Fsp3) is 0.409. The summed E-state index contributed by atoms with van der Waals surface area (Å²) in [7, 11) is 2.93. The summed E-state index contributed by atoms with van der Waals surface area (Å²) < 4.78 is 48.0. The first kappa shape index (κ1) is 43.7. The number of piperidine rings is 2. The highest BCUT2D eigenvalue weighted by Gasteiger charge is 2.36. The second-order valence-corrected chi connectivity index (χ2v) is 15.9. The molecule has 3 aliphatic rings. The van der Waals surface area contributed by atoms with Crippen LogP contribution < -0.4 is 36.2 Å². The number of nitrogens with zero attached hydrogens (tertiary/aromatic N) is 5. The van der Waals surface area contributed by atoms with Crippen molar-refractivity contribution in [1.82, 2.24) is 30.4 Å². The number of ether oxygens (including phenoxy) is 1. The molecule has 0 saturated carbocycles. The van der Waals surface area contributed by atoms with Crippen molar-refractivity contribution in [3.05, 3.63) is 89.1 Å². The van der Waals surface area contributed by atoms with Gasteiger partial charge < -0.3 is 35.8 Å². The lowest BCUT2D eigenvalue weighted by atomic mass is 9.89. The van der Waals surface area contributed by atoms with Crippen molar-refractivity contribution < 1.29 is 37.1 Å². The predicted octanol–water partition coefficient (Wildman–Crippen LogP) is 5.79. The Labute approximate surface area is 357 Å². The molecule has 1 aromatic heterocycles. The molecule has 0 radical (unpaired) electrons. The number of carbonyl (C=O) groups is 4. The molecule has 5 N–H and O–H groups in total. The summed E-state index contributed by atoms with van der Waals surface area (Å²) in [5.74, 6) is -0.787. The molecule has 4 heterocycles. The molecule has 3 aromatic carbocycles. The third-order valence-corrected chi connectivity index (χ3v) is 11.7. The third-order valence-electron chi connectivity index (χ3n) is 11.7. The maximum Gasteiger partial charge on any atom is 0.421 e. The molecule has 15 nitrogen and oxygen atoms in total. The molecule has 2 unspecified atom stereocenters.